The maximum Gasteiger partial charge on any atom is 0.141 e. The topological polar surface area (TPSA) is 23.8 Å². The Labute approximate surface area is 113 Å². The van der Waals surface area contributed by atoms with E-state index in [2.05, 4.69) is 20.8 Å². The number of nitrogens with zero attached hydrogens (tertiary/aromatic N) is 1. The monoisotopic (exact) mass is 253 g/mol. The van der Waals surface area contributed by atoms with Gasteiger partial charge in [-0.25, -0.2) is 4.39 Å². The molecule has 0 aliphatic carbocycles. The highest BCUT2D eigenvalue weighted by Gasteiger charge is 2.14. The maximum atomic E-state index is 13.6. The summed E-state index contributed by atoms with van der Waals surface area (Å²) in [6.45, 7) is 6.43. The number of rotatable bonds is 1. The molecular formula is C17H16FN. The summed E-state index contributed by atoms with van der Waals surface area (Å²) >= 11 is 0. The van der Waals surface area contributed by atoms with Crippen molar-refractivity contribution < 1.29 is 4.39 Å². The van der Waals surface area contributed by atoms with Gasteiger partial charge in [-0.15, -0.1) is 0 Å². The van der Waals surface area contributed by atoms with Crippen molar-refractivity contribution in [3.05, 3.63) is 59.4 Å². The summed E-state index contributed by atoms with van der Waals surface area (Å²) in [6.07, 6.45) is 0. The molecule has 0 radical (unpaired) electrons. The van der Waals surface area contributed by atoms with E-state index < -0.39 is 5.82 Å². The highest BCUT2D eigenvalue weighted by Crippen LogP contribution is 2.28. The highest BCUT2D eigenvalue weighted by atomic mass is 19.1. The Hall–Kier alpha value is -2.14. The van der Waals surface area contributed by atoms with E-state index in [-0.39, 0.29) is 11.0 Å². The molecule has 0 spiro atoms. The van der Waals surface area contributed by atoms with E-state index >= 15 is 0 Å². The van der Waals surface area contributed by atoms with Gasteiger partial charge >= 0.3 is 0 Å². The van der Waals surface area contributed by atoms with Crippen LogP contribution in [0.3, 0.4) is 0 Å². The maximum absolute atomic E-state index is 13.6. The van der Waals surface area contributed by atoms with Gasteiger partial charge in [-0.1, -0.05) is 57.2 Å². The van der Waals surface area contributed by atoms with Crippen molar-refractivity contribution in [2.45, 2.75) is 26.2 Å². The fourth-order valence-corrected chi connectivity index (χ4v) is 2.03. The number of halogens is 1. The van der Waals surface area contributed by atoms with E-state index in [9.17, 15) is 4.39 Å². The van der Waals surface area contributed by atoms with Crippen molar-refractivity contribution in [1.29, 1.82) is 5.26 Å². The quantitative estimate of drug-likeness (QED) is 0.725. The van der Waals surface area contributed by atoms with Crippen LogP contribution in [0.4, 0.5) is 4.39 Å². The molecule has 1 nitrogen and oxygen atoms in total. The van der Waals surface area contributed by atoms with Gasteiger partial charge in [0.2, 0.25) is 0 Å². The van der Waals surface area contributed by atoms with Crippen molar-refractivity contribution in [2.24, 2.45) is 0 Å². The summed E-state index contributed by atoms with van der Waals surface area (Å²) < 4.78 is 13.6. The van der Waals surface area contributed by atoms with Gasteiger partial charge in [0.1, 0.15) is 11.9 Å². The van der Waals surface area contributed by atoms with Crippen LogP contribution in [0.25, 0.3) is 11.1 Å². The van der Waals surface area contributed by atoms with Crippen molar-refractivity contribution in [3.8, 4) is 17.2 Å². The van der Waals surface area contributed by atoms with E-state index in [1.165, 1.54) is 11.6 Å². The molecule has 0 aliphatic rings. The zero-order valence-corrected chi connectivity index (χ0v) is 11.4. The first-order chi connectivity index (χ1) is 8.93. The minimum absolute atomic E-state index is 0.0819. The van der Waals surface area contributed by atoms with E-state index in [0.717, 1.165) is 5.56 Å². The van der Waals surface area contributed by atoms with Gasteiger partial charge in [0.05, 0.1) is 5.56 Å². The Bertz CT molecular complexity index is 628. The van der Waals surface area contributed by atoms with Crippen LogP contribution in [0.15, 0.2) is 42.5 Å². The number of hydrogen-bond donors (Lipinski definition) is 0. The third-order valence-electron chi connectivity index (χ3n) is 3.19. The Morgan fingerprint density at radius 1 is 1.00 bits per heavy atom. The second kappa shape index (κ2) is 4.85. The van der Waals surface area contributed by atoms with Gasteiger partial charge in [-0.2, -0.15) is 5.26 Å². The van der Waals surface area contributed by atoms with Gasteiger partial charge < -0.3 is 0 Å². The molecule has 2 aromatic rings. The lowest BCUT2D eigenvalue weighted by Gasteiger charge is -2.19. The van der Waals surface area contributed by atoms with Crippen LogP contribution in [0.5, 0.6) is 0 Å². The summed E-state index contributed by atoms with van der Waals surface area (Å²) in [5, 5.41) is 9.05. The Morgan fingerprint density at radius 2 is 1.63 bits per heavy atom. The zero-order valence-electron chi connectivity index (χ0n) is 11.4. The summed E-state index contributed by atoms with van der Waals surface area (Å²) in [4.78, 5) is 0. The first-order valence-electron chi connectivity index (χ1n) is 6.23. The SMILES string of the molecule is CC(C)(C)c1ccc(-c2cccc(F)c2C#N)cc1. The smallest absolute Gasteiger partial charge is 0.141 e. The molecule has 0 unspecified atom stereocenters. The summed E-state index contributed by atoms with van der Waals surface area (Å²) in [5.41, 5.74) is 2.91. The molecule has 2 heteroatoms. The largest absolute Gasteiger partial charge is 0.206 e. The number of hydrogen-bond acceptors (Lipinski definition) is 1. The molecule has 96 valence electrons. The molecule has 0 saturated carbocycles. The third-order valence-corrected chi connectivity index (χ3v) is 3.19. The third kappa shape index (κ3) is 2.66. The zero-order chi connectivity index (χ0) is 14.0. The van der Waals surface area contributed by atoms with Crippen LogP contribution < -0.4 is 0 Å². The van der Waals surface area contributed by atoms with E-state index in [4.69, 9.17) is 5.26 Å². The summed E-state index contributed by atoms with van der Waals surface area (Å²) in [6, 6.07) is 14.6. The predicted octanol–water partition coefficient (Wildman–Crippen LogP) is 4.66. The second-order valence-corrected chi connectivity index (χ2v) is 5.60. The predicted molar refractivity (Wildman–Crippen MR) is 75.3 cm³/mol. The first kappa shape index (κ1) is 13.3. The number of nitriles is 1. The molecular weight excluding hydrogens is 237 g/mol. The van der Waals surface area contributed by atoms with Gasteiger partial charge in [-0.05, 0) is 22.6 Å². The summed E-state index contributed by atoms with van der Waals surface area (Å²) in [7, 11) is 0. The Morgan fingerprint density at radius 3 is 2.16 bits per heavy atom. The van der Waals surface area contributed by atoms with Crippen LogP contribution in [0, 0.1) is 17.1 Å². The highest BCUT2D eigenvalue weighted by molar-refractivity contribution is 5.71. The van der Waals surface area contributed by atoms with Gasteiger partial charge in [0.15, 0.2) is 0 Å². The van der Waals surface area contributed by atoms with Crippen LogP contribution in [-0.2, 0) is 5.41 Å². The molecule has 0 saturated heterocycles. The Kier molecular flexibility index (Phi) is 3.40. The molecule has 0 amide bonds. The molecule has 0 bridgehead atoms. The van der Waals surface area contributed by atoms with Crippen LogP contribution in [0.1, 0.15) is 31.9 Å². The summed E-state index contributed by atoms with van der Waals surface area (Å²) in [5.74, 6) is -0.472. The van der Waals surface area contributed by atoms with Crippen LogP contribution in [0.2, 0.25) is 0 Å². The first-order valence-corrected chi connectivity index (χ1v) is 6.23. The molecule has 0 heterocycles. The standard InChI is InChI=1S/C17H16FN/c1-17(2,3)13-9-7-12(8-10-13)14-5-4-6-16(18)15(14)11-19/h4-10H,1-3H3. The molecule has 0 N–H and O–H groups in total. The van der Waals surface area contributed by atoms with Crippen LogP contribution in [-0.4, -0.2) is 0 Å². The fraction of sp³-hybridized carbons (Fsp3) is 0.235. The van der Waals surface area contributed by atoms with Gasteiger partial charge in [0, 0.05) is 5.56 Å². The average molecular weight is 253 g/mol. The molecule has 0 fully saturated rings. The second-order valence-electron chi connectivity index (χ2n) is 5.60. The van der Waals surface area contributed by atoms with E-state index in [1.54, 1.807) is 12.1 Å². The molecule has 2 aromatic carbocycles. The molecule has 0 atom stereocenters. The number of benzene rings is 2. The Balaban J connectivity index is 2.50. The van der Waals surface area contributed by atoms with E-state index in [1.807, 2.05) is 30.3 Å². The average Bonchev–Trinajstić information content (AvgIpc) is 2.37. The lowest BCUT2D eigenvalue weighted by atomic mass is 9.86. The van der Waals surface area contributed by atoms with Crippen LogP contribution >= 0.6 is 0 Å². The molecule has 2 rings (SSSR count). The lowest BCUT2D eigenvalue weighted by Crippen LogP contribution is -2.10. The molecule has 19 heavy (non-hydrogen) atoms. The minimum atomic E-state index is -0.472. The van der Waals surface area contributed by atoms with Gasteiger partial charge in [-0.3, -0.25) is 0 Å². The van der Waals surface area contributed by atoms with Crippen molar-refractivity contribution in [1.82, 2.24) is 0 Å². The van der Waals surface area contributed by atoms with Gasteiger partial charge in [0.25, 0.3) is 0 Å². The molecule has 0 aromatic heterocycles. The van der Waals surface area contributed by atoms with E-state index in [0.29, 0.717) is 5.56 Å². The fourth-order valence-electron chi connectivity index (χ4n) is 2.03. The normalized spacial score (nSPS) is 11.1. The van der Waals surface area contributed by atoms with Crippen molar-refractivity contribution in [3.63, 3.8) is 0 Å². The van der Waals surface area contributed by atoms with Crippen molar-refractivity contribution in [2.75, 3.05) is 0 Å². The lowest BCUT2D eigenvalue weighted by molar-refractivity contribution is 0.590. The van der Waals surface area contributed by atoms with Crippen molar-refractivity contribution >= 4 is 0 Å². The molecule has 0 aliphatic heterocycles. The minimum Gasteiger partial charge on any atom is -0.206 e.